The highest BCUT2D eigenvalue weighted by molar-refractivity contribution is 5.32. The van der Waals surface area contributed by atoms with E-state index in [2.05, 4.69) is 11.4 Å². The third kappa shape index (κ3) is 8.37. The fourth-order valence-corrected chi connectivity index (χ4v) is 1.06. The van der Waals surface area contributed by atoms with Gasteiger partial charge in [-0.3, -0.25) is 0 Å². The van der Waals surface area contributed by atoms with E-state index in [1.807, 2.05) is 18.2 Å². The number of hydrogen-bond donors (Lipinski definition) is 4. The fraction of sp³-hybridized carbons (Fsp3) is 0.417. The third-order valence-corrected chi connectivity index (χ3v) is 1.80. The Hall–Kier alpha value is -1.45. The molecule has 0 saturated carbocycles. The van der Waals surface area contributed by atoms with Crippen LogP contribution in [0.25, 0.3) is 0 Å². The van der Waals surface area contributed by atoms with E-state index in [0.29, 0.717) is 25.2 Å². The SMILES string of the molecule is N#Cc1cccc(CNCCO)c1.NCCO. The van der Waals surface area contributed by atoms with Gasteiger partial charge in [-0.15, -0.1) is 0 Å². The van der Waals surface area contributed by atoms with Crippen LogP contribution in [0.1, 0.15) is 11.1 Å². The van der Waals surface area contributed by atoms with Crippen molar-refractivity contribution in [1.82, 2.24) is 5.32 Å². The van der Waals surface area contributed by atoms with Gasteiger partial charge in [0.25, 0.3) is 0 Å². The standard InChI is InChI=1S/C10H12N2O.C2H7NO/c11-7-9-2-1-3-10(6-9)8-12-4-5-13;3-1-2-4/h1-3,6,12-13H,4-5,8H2;4H,1-3H2. The molecule has 0 unspecified atom stereocenters. The molecule has 0 aliphatic heterocycles. The first-order valence-corrected chi connectivity index (χ1v) is 5.40. The highest BCUT2D eigenvalue weighted by Gasteiger charge is 1.93. The molecule has 1 rings (SSSR count). The van der Waals surface area contributed by atoms with Crippen molar-refractivity contribution in [3.05, 3.63) is 35.4 Å². The number of hydrogen-bond acceptors (Lipinski definition) is 5. The van der Waals surface area contributed by atoms with Gasteiger partial charge in [0.2, 0.25) is 0 Å². The number of rotatable bonds is 5. The molecular weight excluding hydrogens is 218 g/mol. The van der Waals surface area contributed by atoms with Crippen molar-refractivity contribution >= 4 is 0 Å². The molecule has 5 heteroatoms. The zero-order valence-corrected chi connectivity index (χ0v) is 9.76. The lowest BCUT2D eigenvalue weighted by atomic mass is 10.1. The second-order valence-corrected chi connectivity index (χ2v) is 3.22. The maximum Gasteiger partial charge on any atom is 0.0991 e. The Kier molecular flexibility index (Phi) is 10.1. The number of nitrogens with one attached hydrogen (secondary N) is 1. The average Bonchev–Trinajstić information content (AvgIpc) is 2.39. The minimum Gasteiger partial charge on any atom is -0.395 e. The predicted molar refractivity (Wildman–Crippen MR) is 66.1 cm³/mol. The molecular formula is C12H19N3O2. The first-order chi connectivity index (χ1) is 8.28. The van der Waals surface area contributed by atoms with Crippen molar-refractivity contribution in [2.24, 2.45) is 5.73 Å². The van der Waals surface area contributed by atoms with Crippen LogP contribution in [0.15, 0.2) is 24.3 Å². The molecule has 0 saturated heterocycles. The molecule has 1 aromatic rings. The molecule has 0 aliphatic carbocycles. The van der Waals surface area contributed by atoms with Gasteiger partial charge in [-0.25, -0.2) is 0 Å². The summed E-state index contributed by atoms with van der Waals surface area (Å²) in [6, 6.07) is 9.50. The van der Waals surface area contributed by atoms with Crippen LogP contribution in [0.4, 0.5) is 0 Å². The van der Waals surface area contributed by atoms with Gasteiger partial charge >= 0.3 is 0 Å². The number of benzene rings is 1. The summed E-state index contributed by atoms with van der Waals surface area (Å²) in [5, 5.41) is 27.9. The summed E-state index contributed by atoms with van der Waals surface area (Å²) in [6.45, 7) is 1.88. The first-order valence-electron chi connectivity index (χ1n) is 5.40. The van der Waals surface area contributed by atoms with Gasteiger partial charge in [0.1, 0.15) is 0 Å². The molecule has 0 bridgehead atoms. The van der Waals surface area contributed by atoms with Gasteiger partial charge in [0, 0.05) is 19.6 Å². The van der Waals surface area contributed by atoms with Crippen LogP contribution in [-0.2, 0) is 6.54 Å². The number of nitrogens with two attached hydrogens (primary N) is 1. The highest BCUT2D eigenvalue weighted by Crippen LogP contribution is 2.03. The van der Waals surface area contributed by atoms with Crippen molar-refractivity contribution in [3.8, 4) is 6.07 Å². The molecule has 17 heavy (non-hydrogen) atoms. The summed E-state index contributed by atoms with van der Waals surface area (Å²) in [5.74, 6) is 0. The monoisotopic (exact) mass is 237 g/mol. The van der Waals surface area contributed by atoms with Crippen LogP contribution in [-0.4, -0.2) is 36.5 Å². The second kappa shape index (κ2) is 11.0. The van der Waals surface area contributed by atoms with E-state index in [4.69, 9.17) is 21.2 Å². The van der Waals surface area contributed by atoms with E-state index in [1.165, 1.54) is 0 Å². The predicted octanol–water partition coefficient (Wildman–Crippen LogP) is -0.422. The molecule has 5 nitrogen and oxygen atoms in total. The summed E-state index contributed by atoms with van der Waals surface area (Å²) in [4.78, 5) is 0. The number of nitrogens with zero attached hydrogens (tertiary/aromatic N) is 1. The smallest absolute Gasteiger partial charge is 0.0991 e. The van der Waals surface area contributed by atoms with Crippen LogP contribution >= 0.6 is 0 Å². The molecule has 0 fully saturated rings. The fourth-order valence-electron chi connectivity index (χ4n) is 1.06. The van der Waals surface area contributed by atoms with Crippen LogP contribution in [0.2, 0.25) is 0 Å². The molecule has 0 amide bonds. The summed E-state index contributed by atoms with van der Waals surface area (Å²) in [5.41, 5.74) is 6.51. The van der Waals surface area contributed by atoms with Crippen molar-refractivity contribution in [1.29, 1.82) is 5.26 Å². The van der Waals surface area contributed by atoms with E-state index in [1.54, 1.807) is 6.07 Å². The molecule has 5 N–H and O–H groups in total. The molecule has 0 heterocycles. The van der Waals surface area contributed by atoms with Crippen LogP contribution < -0.4 is 11.1 Å². The molecule has 0 atom stereocenters. The zero-order valence-electron chi connectivity index (χ0n) is 9.76. The van der Waals surface area contributed by atoms with E-state index in [-0.39, 0.29) is 13.2 Å². The van der Waals surface area contributed by atoms with Gasteiger partial charge in [0.15, 0.2) is 0 Å². The van der Waals surface area contributed by atoms with Gasteiger partial charge in [-0.05, 0) is 17.7 Å². The normalized spacial score (nSPS) is 9.06. The molecule has 94 valence electrons. The second-order valence-electron chi connectivity index (χ2n) is 3.22. The Morgan fingerprint density at radius 2 is 2.00 bits per heavy atom. The number of aliphatic hydroxyl groups excluding tert-OH is 2. The topological polar surface area (TPSA) is 102 Å². The van der Waals surface area contributed by atoms with Crippen LogP contribution in [0.3, 0.4) is 0 Å². The minimum atomic E-state index is 0.0972. The lowest BCUT2D eigenvalue weighted by Gasteiger charge is -2.02. The lowest BCUT2D eigenvalue weighted by molar-refractivity contribution is 0.292. The van der Waals surface area contributed by atoms with Gasteiger partial charge in [0.05, 0.1) is 24.8 Å². The van der Waals surface area contributed by atoms with Crippen molar-refractivity contribution in [2.45, 2.75) is 6.54 Å². The summed E-state index contributed by atoms with van der Waals surface area (Å²) in [7, 11) is 0. The van der Waals surface area contributed by atoms with E-state index in [0.717, 1.165) is 5.56 Å². The molecule has 0 aliphatic rings. The van der Waals surface area contributed by atoms with Gasteiger partial charge in [-0.1, -0.05) is 12.1 Å². The van der Waals surface area contributed by atoms with E-state index >= 15 is 0 Å². The van der Waals surface area contributed by atoms with E-state index in [9.17, 15) is 0 Å². The maximum absolute atomic E-state index is 8.62. The number of nitriles is 1. The van der Waals surface area contributed by atoms with Crippen LogP contribution in [0, 0.1) is 11.3 Å². The zero-order chi connectivity index (χ0) is 12.9. The molecule has 1 aromatic carbocycles. The van der Waals surface area contributed by atoms with Gasteiger partial charge < -0.3 is 21.3 Å². The first kappa shape index (κ1) is 15.6. The van der Waals surface area contributed by atoms with Crippen LogP contribution in [0.5, 0.6) is 0 Å². The Labute approximate surface area is 101 Å². The van der Waals surface area contributed by atoms with Gasteiger partial charge in [-0.2, -0.15) is 5.26 Å². The Morgan fingerprint density at radius 1 is 1.29 bits per heavy atom. The number of aliphatic hydroxyl groups is 2. The quantitative estimate of drug-likeness (QED) is 0.521. The maximum atomic E-state index is 8.62. The summed E-state index contributed by atoms with van der Waals surface area (Å²) in [6.07, 6.45) is 0. The Morgan fingerprint density at radius 3 is 2.53 bits per heavy atom. The highest BCUT2D eigenvalue weighted by atomic mass is 16.3. The minimum absolute atomic E-state index is 0.0972. The van der Waals surface area contributed by atoms with Crippen molar-refractivity contribution in [2.75, 3.05) is 26.3 Å². The molecule has 0 aromatic heterocycles. The largest absolute Gasteiger partial charge is 0.395 e. The third-order valence-electron chi connectivity index (χ3n) is 1.80. The van der Waals surface area contributed by atoms with E-state index < -0.39 is 0 Å². The lowest BCUT2D eigenvalue weighted by Crippen LogP contribution is -2.17. The summed E-state index contributed by atoms with van der Waals surface area (Å²) < 4.78 is 0. The average molecular weight is 237 g/mol. The van der Waals surface area contributed by atoms with Crippen molar-refractivity contribution in [3.63, 3.8) is 0 Å². The molecule has 0 spiro atoms. The Balaban J connectivity index is 0.000000557. The van der Waals surface area contributed by atoms with Crippen molar-refractivity contribution < 1.29 is 10.2 Å². The molecule has 0 radical (unpaired) electrons. The summed E-state index contributed by atoms with van der Waals surface area (Å²) >= 11 is 0. The Bertz CT molecular complexity index is 335.